The van der Waals surface area contributed by atoms with Crippen LogP contribution in [0, 0.1) is 5.82 Å². The van der Waals surface area contributed by atoms with Crippen molar-refractivity contribution in [1.82, 2.24) is 4.72 Å². The molecule has 1 atom stereocenters. The summed E-state index contributed by atoms with van der Waals surface area (Å²) in [4.78, 5) is 12.7. The Morgan fingerprint density at radius 2 is 1.59 bits per heavy atom. The van der Waals surface area contributed by atoms with Gasteiger partial charge in [0.05, 0.1) is 19.9 Å². The molecule has 0 bridgehead atoms. The first-order valence-electron chi connectivity index (χ1n) is 9.67. The lowest BCUT2D eigenvalue weighted by Crippen LogP contribution is -2.45. The summed E-state index contributed by atoms with van der Waals surface area (Å²) in [5.74, 6) is -0.960. The number of hydrogen-bond donors (Lipinski definition) is 2. The minimum absolute atomic E-state index is 0.0394. The van der Waals surface area contributed by atoms with E-state index in [2.05, 4.69) is 10.0 Å². The molecule has 0 aliphatic rings. The van der Waals surface area contributed by atoms with Crippen LogP contribution in [0.25, 0.3) is 0 Å². The number of carbonyl (C=O) groups is 1. The van der Waals surface area contributed by atoms with Crippen LogP contribution >= 0.6 is 0 Å². The van der Waals surface area contributed by atoms with Gasteiger partial charge in [0.1, 0.15) is 28.3 Å². The summed E-state index contributed by atoms with van der Waals surface area (Å²) in [6, 6.07) is 17.7. The second-order valence-electron chi connectivity index (χ2n) is 6.85. The van der Waals surface area contributed by atoms with Crippen molar-refractivity contribution in [3.63, 3.8) is 0 Å². The molecule has 168 valence electrons. The lowest BCUT2D eigenvalue weighted by atomic mass is 10.1. The summed E-state index contributed by atoms with van der Waals surface area (Å²) in [7, 11) is -1.56. The largest absolute Gasteiger partial charge is 0.495 e. The summed E-state index contributed by atoms with van der Waals surface area (Å²) in [5.41, 5.74) is 1.13. The number of para-hydroxylation sites is 2. The number of amides is 1. The van der Waals surface area contributed by atoms with E-state index in [1.165, 1.54) is 20.3 Å². The van der Waals surface area contributed by atoms with Crippen molar-refractivity contribution in [3.05, 3.63) is 84.2 Å². The van der Waals surface area contributed by atoms with Crippen LogP contribution in [0.15, 0.2) is 77.7 Å². The SMILES string of the molecule is COc1ccccc1NC(=O)C(Cc1ccccc1)NS(=O)(=O)c1cc(F)ccc1OC. The van der Waals surface area contributed by atoms with Gasteiger partial charge in [0.25, 0.3) is 0 Å². The number of halogens is 1. The number of rotatable bonds is 9. The molecule has 0 spiro atoms. The third-order valence-electron chi connectivity index (χ3n) is 4.68. The van der Waals surface area contributed by atoms with Crippen LogP contribution in [-0.4, -0.2) is 34.6 Å². The minimum atomic E-state index is -4.30. The van der Waals surface area contributed by atoms with Crippen LogP contribution in [0.2, 0.25) is 0 Å². The van der Waals surface area contributed by atoms with Crippen LogP contribution in [0.5, 0.6) is 11.5 Å². The average Bonchev–Trinajstić information content (AvgIpc) is 2.79. The highest BCUT2D eigenvalue weighted by Crippen LogP contribution is 2.26. The number of benzene rings is 3. The molecular formula is C23H23FN2O5S. The molecule has 1 unspecified atom stereocenters. The fourth-order valence-corrected chi connectivity index (χ4v) is 4.49. The van der Waals surface area contributed by atoms with Gasteiger partial charge in [-0.1, -0.05) is 42.5 Å². The van der Waals surface area contributed by atoms with Crippen molar-refractivity contribution >= 4 is 21.6 Å². The highest BCUT2D eigenvalue weighted by molar-refractivity contribution is 7.89. The van der Waals surface area contributed by atoms with Crippen LogP contribution in [-0.2, 0) is 21.2 Å². The monoisotopic (exact) mass is 458 g/mol. The Bertz CT molecular complexity index is 1190. The Morgan fingerprint density at radius 3 is 2.28 bits per heavy atom. The third-order valence-corrected chi connectivity index (χ3v) is 6.17. The molecular weight excluding hydrogens is 435 g/mol. The molecule has 1 amide bonds. The minimum Gasteiger partial charge on any atom is -0.495 e. The van der Waals surface area contributed by atoms with E-state index in [1.807, 2.05) is 6.07 Å². The average molecular weight is 459 g/mol. The maximum absolute atomic E-state index is 13.8. The van der Waals surface area contributed by atoms with Gasteiger partial charge in [0, 0.05) is 0 Å². The van der Waals surface area contributed by atoms with Gasteiger partial charge in [-0.3, -0.25) is 4.79 Å². The standard InChI is InChI=1S/C23H23FN2O5S/c1-30-20-11-7-6-10-18(20)25-23(27)19(14-16-8-4-3-5-9-16)26-32(28,29)22-15-17(24)12-13-21(22)31-2/h3-13,15,19,26H,14H2,1-2H3,(H,25,27). The second kappa shape index (κ2) is 10.3. The second-order valence-corrected chi connectivity index (χ2v) is 8.53. The molecule has 3 rings (SSSR count). The Balaban J connectivity index is 1.94. The third kappa shape index (κ3) is 5.63. The van der Waals surface area contributed by atoms with Gasteiger partial charge in [-0.05, 0) is 42.3 Å². The Labute approximate surface area is 186 Å². The highest BCUT2D eigenvalue weighted by Gasteiger charge is 2.29. The predicted molar refractivity (Wildman–Crippen MR) is 119 cm³/mol. The van der Waals surface area contributed by atoms with Gasteiger partial charge < -0.3 is 14.8 Å². The molecule has 0 aliphatic carbocycles. The highest BCUT2D eigenvalue weighted by atomic mass is 32.2. The molecule has 3 aromatic rings. The fourth-order valence-electron chi connectivity index (χ4n) is 3.12. The summed E-state index contributed by atoms with van der Waals surface area (Å²) in [5, 5.41) is 2.70. The predicted octanol–water partition coefficient (Wildman–Crippen LogP) is 3.37. The molecule has 0 saturated carbocycles. The summed E-state index contributed by atoms with van der Waals surface area (Å²) in [6.45, 7) is 0. The molecule has 3 aromatic carbocycles. The van der Waals surface area contributed by atoms with Crippen molar-refractivity contribution in [2.24, 2.45) is 0 Å². The van der Waals surface area contributed by atoms with Crippen LogP contribution in [0.1, 0.15) is 5.56 Å². The van der Waals surface area contributed by atoms with E-state index in [0.29, 0.717) is 11.4 Å². The van der Waals surface area contributed by atoms with Crippen molar-refractivity contribution in [1.29, 1.82) is 0 Å². The lowest BCUT2D eigenvalue weighted by molar-refractivity contribution is -0.117. The van der Waals surface area contributed by atoms with E-state index in [-0.39, 0.29) is 12.2 Å². The molecule has 0 saturated heterocycles. The summed E-state index contributed by atoms with van der Waals surface area (Å²) >= 11 is 0. The number of anilines is 1. The number of hydrogen-bond acceptors (Lipinski definition) is 5. The molecule has 32 heavy (non-hydrogen) atoms. The molecule has 7 nitrogen and oxygen atoms in total. The molecule has 0 heterocycles. The lowest BCUT2D eigenvalue weighted by Gasteiger charge is -2.20. The topological polar surface area (TPSA) is 93.7 Å². The molecule has 0 fully saturated rings. The summed E-state index contributed by atoms with van der Waals surface area (Å²) < 4.78 is 52.7. The number of nitrogens with one attached hydrogen (secondary N) is 2. The van der Waals surface area contributed by atoms with E-state index >= 15 is 0 Å². The van der Waals surface area contributed by atoms with E-state index in [1.54, 1.807) is 48.5 Å². The quantitative estimate of drug-likeness (QED) is 0.513. The molecule has 0 aliphatic heterocycles. The van der Waals surface area contributed by atoms with E-state index < -0.39 is 32.7 Å². The number of sulfonamides is 1. The number of ether oxygens (including phenoxy) is 2. The van der Waals surface area contributed by atoms with Gasteiger partial charge in [0.2, 0.25) is 15.9 Å². The van der Waals surface area contributed by atoms with Gasteiger partial charge >= 0.3 is 0 Å². The van der Waals surface area contributed by atoms with Crippen LogP contribution in [0.3, 0.4) is 0 Å². The summed E-state index contributed by atoms with van der Waals surface area (Å²) in [6.07, 6.45) is 0.0681. The Morgan fingerprint density at radius 1 is 0.938 bits per heavy atom. The first-order chi connectivity index (χ1) is 15.3. The Hall–Kier alpha value is -3.43. The smallest absolute Gasteiger partial charge is 0.245 e. The first kappa shape index (κ1) is 23.2. The number of carbonyl (C=O) groups excluding carboxylic acids is 1. The zero-order chi connectivity index (χ0) is 23.1. The van der Waals surface area contributed by atoms with Crippen LogP contribution < -0.4 is 19.5 Å². The molecule has 2 N–H and O–H groups in total. The first-order valence-corrected chi connectivity index (χ1v) is 11.2. The number of methoxy groups -OCH3 is 2. The van der Waals surface area contributed by atoms with E-state index in [0.717, 1.165) is 17.7 Å². The Kier molecular flexibility index (Phi) is 7.45. The molecule has 0 aromatic heterocycles. The van der Waals surface area contributed by atoms with Gasteiger partial charge in [-0.2, -0.15) is 4.72 Å². The van der Waals surface area contributed by atoms with Crippen molar-refractivity contribution in [2.45, 2.75) is 17.4 Å². The molecule has 0 radical (unpaired) electrons. The maximum Gasteiger partial charge on any atom is 0.245 e. The normalized spacial score (nSPS) is 12.1. The fraction of sp³-hybridized carbons (Fsp3) is 0.174. The van der Waals surface area contributed by atoms with Gasteiger partial charge in [-0.25, -0.2) is 12.8 Å². The van der Waals surface area contributed by atoms with Crippen LogP contribution in [0.4, 0.5) is 10.1 Å². The van der Waals surface area contributed by atoms with E-state index in [9.17, 15) is 17.6 Å². The van der Waals surface area contributed by atoms with Gasteiger partial charge in [0.15, 0.2) is 0 Å². The van der Waals surface area contributed by atoms with Crippen molar-refractivity contribution < 1.29 is 27.1 Å². The maximum atomic E-state index is 13.8. The van der Waals surface area contributed by atoms with Gasteiger partial charge in [-0.15, -0.1) is 0 Å². The zero-order valence-electron chi connectivity index (χ0n) is 17.5. The van der Waals surface area contributed by atoms with Crippen molar-refractivity contribution in [2.75, 3.05) is 19.5 Å². The van der Waals surface area contributed by atoms with E-state index in [4.69, 9.17) is 9.47 Å². The van der Waals surface area contributed by atoms with Crippen molar-refractivity contribution in [3.8, 4) is 11.5 Å². The zero-order valence-corrected chi connectivity index (χ0v) is 18.4. The molecule has 9 heteroatoms.